The van der Waals surface area contributed by atoms with Gasteiger partial charge in [0.2, 0.25) is 0 Å². The fourth-order valence-electron chi connectivity index (χ4n) is 5.14. The average molecular weight is 595 g/mol. The molecular formula is C29H30N4O8S. The number of nitrogens with zero attached hydrogens (tertiary/aromatic N) is 4. The summed E-state index contributed by atoms with van der Waals surface area (Å²) in [6.07, 6.45) is 1.64. The van der Waals surface area contributed by atoms with Gasteiger partial charge in [-0.05, 0) is 44.2 Å². The first-order valence-corrected chi connectivity index (χ1v) is 14.1. The second-order valence-corrected chi connectivity index (χ2v) is 10.5. The summed E-state index contributed by atoms with van der Waals surface area (Å²) in [4.78, 5) is 45.7. The van der Waals surface area contributed by atoms with Crippen molar-refractivity contribution in [1.82, 2.24) is 4.57 Å². The van der Waals surface area contributed by atoms with Gasteiger partial charge in [-0.2, -0.15) is 0 Å². The van der Waals surface area contributed by atoms with E-state index in [2.05, 4.69) is 9.89 Å². The fourth-order valence-corrected chi connectivity index (χ4v) is 6.18. The van der Waals surface area contributed by atoms with Crippen LogP contribution in [0.15, 0.2) is 57.5 Å². The van der Waals surface area contributed by atoms with Crippen molar-refractivity contribution in [2.45, 2.75) is 19.9 Å². The third-order valence-corrected chi connectivity index (χ3v) is 8.09. The summed E-state index contributed by atoms with van der Waals surface area (Å²) in [5.41, 5.74) is 1.89. The Bertz CT molecular complexity index is 1750. The van der Waals surface area contributed by atoms with Crippen LogP contribution in [0.5, 0.6) is 11.5 Å². The number of ether oxygens (including phenoxy) is 4. The predicted octanol–water partition coefficient (Wildman–Crippen LogP) is 2.56. The predicted molar refractivity (Wildman–Crippen MR) is 156 cm³/mol. The number of rotatable bonds is 8. The molecule has 0 N–H and O–H groups in total. The topological polar surface area (TPSA) is 135 Å². The second-order valence-electron chi connectivity index (χ2n) is 9.51. The Morgan fingerprint density at radius 1 is 1.19 bits per heavy atom. The Hall–Kier alpha value is -4.49. The zero-order valence-electron chi connectivity index (χ0n) is 23.6. The van der Waals surface area contributed by atoms with Crippen LogP contribution in [0.25, 0.3) is 6.08 Å². The molecule has 3 aromatic rings. The van der Waals surface area contributed by atoms with Crippen molar-refractivity contribution in [2.75, 3.05) is 52.0 Å². The van der Waals surface area contributed by atoms with Gasteiger partial charge in [0, 0.05) is 42.0 Å². The molecule has 0 spiro atoms. The summed E-state index contributed by atoms with van der Waals surface area (Å²) in [5.74, 6) is 0.355. The molecule has 0 saturated carbocycles. The van der Waals surface area contributed by atoms with Crippen molar-refractivity contribution in [3.8, 4) is 11.5 Å². The van der Waals surface area contributed by atoms with Gasteiger partial charge in [0.05, 0.1) is 54.8 Å². The SMILES string of the molecule is CCOC(=O)C1=C(C)N=c2s/c(=C\c3cc([N+](=O)[O-])ccc3N3CCOCC3)c(=O)n2[C@H]1c1cc(OC)ccc1OC. The van der Waals surface area contributed by atoms with Gasteiger partial charge >= 0.3 is 5.97 Å². The molecule has 13 heteroatoms. The molecule has 2 aromatic carbocycles. The van der Waals surface area contributed by atoms with Crippen LogP contribution in [0.1, 0.15) is 31.0 Å². The molecule has 0 aliphatic carbocycles. The van der Waals surface area contributed by atoms with Gasteiger partial charge in [-0.15, -0.1) is 0 Å². The van der Waals surface area contributed by atoms with Gasteiger partial charge in [-0.3, -0.25) is 19.5 Å². The Balaban J connectivity index is 1.76. The van der Waals surface area contributed by atoms with Crippen molar-refractivity contribution < 1.29 is 28.7 Å². The first-order chi connectivity index (χ1) is 20.3. The van der Waals surface area contributed by atoms with E-state index in [1.165, 1.54) is 30.9 Å². The van der Waals surface area contributed by atoms with Crippen molar-refractivity contribution >= 4 is 34.8 Å². The third kappa shape index (κ3) is 5.40. The Kier molecular flexibility index (Phi) is 8.41. The highest BCUT2D eigenvalue weighted by atomic mass is 32.1. The molecular weight excluding hydrogens is 564 g/mol. The maximum absolute atomic E-state index is 14.2. The molecule has 12 nitrogen and oxygen atoms in total. The zero-order valence-corrected chi connectivity index (χ0v) is 24.4. The highest BCUT2D eigenvalue weighted by Gasteiger charge is 2.35. The van der Waals surface area contributed by atoms with Crippen LogP contribution in [0.4, 0.5) is 11.4 Å². The van der Waals surface area contributed by atoms with E-state index >= 15 is 0 Å². The molecule has 1 fully saturated rings. The van der Waals surface area contributed by atoms with Crippen LogP contribution in [-0.4, -0.2) is 62.6 Å². The van der Waals surface area contributed by atoms with Crippen LogP contribution >= 0.6 is 11.3 Å². The lowest BCUT2D eigenvalue weighted by atomic mass is 9.94. The minimum atomic E-state index is -0.920. The number of carbonyl (C=O) groups excluding carboxylic acids is 1. The molecule has 1 atom stereocenters. The number of anilines is 1. The van der Waals surface area contributed by atoms with Crippen molar-refractivity contribution in [3.63, 3.8) is 0 Å². The highest BCUT2D eigenvalue weighted by molar-refractivity contribution is 7.07. The molecule has 2 aliphatic rings. The third-order valence-electron chi connectivity index (χ3n) is 7.11. The Morgan fingerprint density at radius 2 is 1.95 bits per heavy atom. The minimum absolute atomic E-state index is 0.0922. The molecule has 0 unspecified atom stereocenters. The molecule has 3 heterocycles. The maximum atomic E-state index is 14.2. The summed E-state index contributed by atoms with van der Waals surface area (Å²) in [5, 5.41) is 11.6. The number of nitro benzene ring substituents is 1. The van der Waals surface area contributed by atoms with E-state index in [0.717, 1.165) is 17.0 Å². The number of hydrogen-bond acceptors (Lipinski definition) is 11. The standard InChI is InChI=1S/C29H30N4O8S/c1-5-41-28(35)25-17(2)30-29-32(26(25)21-16-20(38-3)7-9-23(21)39-4)27(34)24(42-29)15-18-14-19(33(36)37)6-8-22(18)31-10-12-40-13-11-31/h6-9,14-16,26H,5,10-13H2,1-4H3/b24-15-/t26-/m0/s1. The highest BCUT2D eigenvalue weighted by Crippen LogP contribution is 2.38. The number of non-ortho nitro benzene ring substituents is 1. The first-order valence-electron chi connectivity index (χ1n) is 13.3. The lowest BCUT2D eigenvalue weighted by Gasteiger charge is -2.30. The number of nitro groups is 1. The normalized spacial score (nSPS) is 17.0. The van der Waals surface area contributed by atoms with Crippen LogP contribution in [-0.2, 0) is 14.3 Å². The summed E-state index contributed by atoms with van der Waals surface area (Å²) < 4.78 is 23.7. The molecule has 1 saturated heterocycles. The lowest BCUT2D eigenvalue weighted by molar-refractivity contribution is -0.384. The molecule has 0 amide bonds. The quantitative estimate of drug-likeness (QED) is 0.219. The number of aromatic nitrogens is 1. The summed E-state index contributed by atoms with van der Waals surface area (Å²) >= 11 is 1.14. The summed E-state index contributed by atoms with van der Waals surface area (Å²) in [6.45, 7) is 5.80. The van der Waals surface area contributed by atoms with Gasteiger partial charge in [0.1, 0.15) is 17.5 Å². The van der Waals surface area contributed by atoms with Crippen molar-refractivity contribution in [2.24, 2.45) is 4.99 Å². The number of morpholine rings is 1. The number of methoxy groups -OCH3 is 2. The number of esters is 1. The zero-order chi connectivity index (χ0) is 30.0. The molecule has 0 bridgehead atoms. The van der Waals surface area contributed by atoms with Crippen molar-refractivity contribution in [3.05, 3.63) is 88.6 Å². The molecule has 0 radical (unpaired) electrons. The molecule has 42 heavy (non-hydrogen) atoms. The van der Waals surface area contributed by atoms with Crippen LogP contribution < -0.4 is 29.3 Å². The van der Waals surface area contributed by atoms with E-state index in [0.29, 0.717) is 64.0 Å². The van der Waals surface area contributed by atoms with Crippen LogP contribution in [0.2, 0.25) is 0 Å². The van der Waals surface area contributed by atoms with Gasteiger partial charge in [-0.25, -0.2) is 9.79 Å². The Morgan fingerprint density at radius 3 is 2.62 bits per heavy atom. The maximum Gasteiger partial charge on any atom is 0.338 e. The lowest BCUT2D eigenvalue weighted by Crippen LogP contribution is -2.40. The summed E-state index contributed by atoms with van der Waals surface area (Å²) in [6, 6.07) is 8.84. The largest absolute Gasteiger partial charge is 0.497 e. The summed E-state index contributed by atoms with van der Waals surface area (Å²) in [7, 11) is 3.03. The first kappa shape index (κ1) is 29.0. The molecule has 1 aromatic heterocycles. The van der Waals surface area contributed by atoms with E-state index in [9.17, 15) is 19.7 Å². The number of hydrogen-bond donors (Lipinski definition) is 0. The van der Waals surface area contributed by atoms with Gasteiger partial charge in [0.25, 0.3) is 11.2 Å². The van der Waals surface area contributed by atoms with E-state index in [4.69, 9.17) is 18.9 Å². The van der Waals surface area contributed by atoms with Gasteiger partial charge < -0.3 is 23.8 Å². The minimum Gasteiger partial charge on any atom is -0.497 e. The number of allylic oxidation sites excluding steroid dienone is 1. The van der Waals surface area contributed by atoms with Crippen LogP contribution in [0, 0.1) is 10.1 Å². The van der Waals surface area contributed by atoms with E-state index in [-0.39, 0.29) is 17.9 Å². The van der Waals surface area contributed by atoms with E-state index in [1.54, 1.807) is 44.2 Å². The number of carbonyl (C=O) groups is 1. The molecule has 220 valence electrons. The van der Waals surface area contributed by atoms with Crippen LogP contribution in [0.3, 0.4) is 0 Å². The number of benzene rings is 2. The molecule has 5 rings (SSSR count). The van der Waals surface area contributed by atoms with Gasteiger partial charge in [0.15, 0.2) is 4.80 Å². The van der Waals surface area contributed by atoms with Gasteiger partial charge in [-0.1, -0.05) is 11.3 Å². The molecule has 2 aliphatic heterocycles. The monoisotopic (exact) mass is 594 g/mol. The fraction of sp³-hybridized carbons (Fsp3) is 0.345. The Labute approximate surface area is 244 Å². The smallest absolute Gasteiger partial charge is 0.338 e. The van der Waals surface area contributed by atoms with Crippen molar-refractivity contribution in [1.29, 1.82) is 0 Å². The second kappa shape index (κ2) is 12.2. The number of thiazole rings is 1. The average Bonchev–Trinajstić information content (AvgIpc) is 3.30. The van der Waals surface area contributed by atoms with E-state index in [1.807, 2.05) is 0 Å². The number of fused-ring (bicyclic) bond motifs is 1. The van der Waals surface area contributed by atoms with E-state index < -0.39 is 22.5 Å².